The van der Waals surface area contributed by atoms with Crippen molar-refractivity contribution < 1.29 is 0 Å². The van der Waals surface area contributed by atoms with E-state index < -0.39 is 0 Å². The van der Waals surface area contributed by atoms with E-state index in [0.717, 1.165) is 172 Å². The Morgan fingerprint density at radius 2 is 0.548 bits per heavy atom. The van der Waals surface area contributed by atoms with Crippen LogP contribution in [0.5, 0.6) is 0 Å². The number of nitriles is 2. The lowest BCUT2D eigenvalue weighted by atomic mass is 9.91. The third-order valence-electron chi connectivity index (χ3n) is 21.9. The van der Waals surface area contributed by atoms with Crippen molar-refractivity contribution in [3.8, 4) is 79.4 Å². The number of benzene rings is 16. The maximum atomic E-state index is 13.7. The highest BCUT2D eigenvalue weighted by molar-refractivity contribution is 7.27. The fourth-order valence-electron chi connectivity index (χ4n) is 17.5. The second-order valence-corrected chi connectivity index (χ2v) is 29.2. The largest absolute Gasteiger partial charge is 0.306 e. The maximum Gasteiger partial charge on any atom is 0.104 e. The van der Waals surface area contributed by atoms with Gasteiger partial charge in [0.05, 0.1) is 76.3 Å². The SMILES string of the molecule is N#Cc1c(-n2c3ccccc3c3ccccc32)c(-n2c3cc(-c4ccccc4-c4cccc5ccccc45)ccc3c3ccc4c5ccccc5sc4c32)c(C#N)c(-n2c3ccccc3c3ccccc32)c1-n1c2cc(-c3ccccc3-c3ccccc3)ccc2c2ccc3c4ccccc4sc3c21. The van der Waals surface area contributed by atoms with Gasteiger partial charge in [-0.05, 0) is 104 Å². The van der Waals surface area contributed by atoms with Crippen molar-refractivity contribution in [1.29, 1.82) is 10.5 Å². The Bertz CT molecular complexity index is 7470. The Kier molecular flexibility index (Phi) is 12.6. The molecule has 0 aliphatic heterocycles. The zero-order valence-corrected chi connectivity index (χ0v) is 57.3. The summed E-state index contributed by atoms with van der Waals surface area (Å²) in [6, 6.07) is 124. The summed E-state index contributed by atoms with van der Waals surface area (Å²) in [6.07, 6.45) is 0. The first kappa shape index (κ1) is 58.2. The standard InChI is InChI=1S/C96H54N6S2/c97-55-79-90(100-83-41-18-12-34-69(83)70-35-13-19-42-84(70)100)92(102-86-54-60(64-30-8-9-31-65(64)66-38-22-26-58-25-4-5-28-62(58)66)46-48-72(86)76-50-52-78-74-37-15-21-44-88(74)104-96(78)94(76)102)80(56-98)89(99-81-39-16-10-32-67(81)68-33-11-17-40-82(68)99)91(79)101-85-53-59(63-29-7-6-27-61(63)57-23-2-1-3-24-57)45-47-71(85)75-49-51-77-73-36-14-20-43-87(73)103-95(77)93(75)101/h1-54H. The van der Waals surface area contributed by atoms with Crippen LogP contribution >= 0.6 is 22.7 Å². The van der Waals surface area contributed by atoms with Crippen LogP contribution in [0.1, 0.15) is 11.1 Å². The van der Waals surface area contributed by atoms with Crippen molar-refractivity contribution >= 4 is 161 Å². The molecule has 0 amide bonds. The van der Waals surface area contributed by atoms with Crippen LogP contribution in [0, 0.1) is 22.7 Å². The summed E-state index contributed by atoms with van der Waals surface area (Å²) in [7, 11) is 0. The molecular formula is C96H54N6S2. The first-order valence-electron chi connectivity index (χ1n) is 35.1. The van der Waals surface area contributed by atoms with Gasteiger partial charge in [0.2, 0.25) is 0 Å². The van der Waals surface area contributed by atoms with Gasteiger partial charge in [0.25, 0.3) is 0 Å². The summed E-state index contributed by atoms with van der Waals surface area (Å²) >= 11 is 3.55. The molecule has 0 unspecified atom stereocenters. The Morgan fingerprint density at radius 1 is 0.221 bits per heavy atom. The fraction of sp³-hybridized carbons (Fsp3) is 0. The van der Waals surface area contributed by atoms with Crippen molar-refractivity contribution in [3.05, 3.63) is 339 Å². The third-order valence-corrected chi connectivity index (χ3v) is 24.2. The molecule has 8 heteroatoms. The van der Waals surface area contributed by atoms with E-state index >= 15 is 0 Å². The lowest BCUT2D eigenvalue weighted by molar-refractivity contribution is 1.03. The number of fused-ring (bicyclic) bond motifs is 21. The molecular weight excluding hydrogens is 1300 g/mol. The van der Waals surface area contributed by atoms with E-state index in [4.69, 9.17) is 0 Å². The summed E-state index contributed by atoms with van der Waals surface area (Å²) in [5.41, 5.74) is 19.1. The van der Waals surface area contributed by atoms with E-state index in [1.54, 1.807) is 22.7 Å². The summed E-state index contributed by atoms with van der Waals surface area (Å²) in [5, 5.41) is 42.4. The summed E-state index contributed by atoms with van der Waals surface area (Å²) in [4.78, 5) is 0. The van der Waals surface area contributed by atoms with Crippen molar-refractivity contribution in [3.63, 3.8) is 0 Å². The molecule has 22 rings (SSSR count). The Hall–Kier alpha value is -13.6. The van der Waals surface area contributed by atoms with Gasteiger partial charge in [0.15, 0.2) is 0 Å². The Morgan fingerprint density at radius 3 is 1.02 bits per heavy atom. The molecule has 0 spiro atoms. The van der Waals surface area contributed by atoms with Crippen molar-refractivity contribution in [2.24, 2.45) is 0 Å². The molecule has 0 saturated heterocycles. The molecule has 0 fully saturated rings. The van der Waals surface area contributed by atoms with E-state index in [-0.39, 0.29) is 0 Å². The van der Waals surface area contributed by atoms with Crippen LogP contribution in [0.2, 0.25) is 0 Å². The minimum absolute atomic E-state index is 0.393. The molecule has 22 aromatic rings. The lowest BCUT2D eigenvalue weighted by Crippen LogP contribution is -2.16. The summed E-state index contributed by atoms with van der Waals surface area (Å²) in [5.74, 6) is 0. The predicted octanol–water partition coefficient (Wildman–Crippen LogP) is 26.4. The first-order valence-corrected chi connectivity index (χ1v) is 36.7. The van der Waals surface area contributed by atoms with E-state index in [9.17, 15) is 10.5 Å². The van der Waals surface area contributed by atoms with Crippen molar-refractivity contribution in [1.82, 2.24) is 18.3 Å². The molecule has 6 nitrogen and oxygen atoms in total. The highest BCUT2D eigenvalue weighted by Gasteiger charge is 2.36. The predicted molar refractivity (Wildman–Crippen MR) is 438 cm³/mol. The third kappa shape index (κ3) is 8.18. The minimum atomic E-state index is 0.393. The van der Waals surface area contributed by atoms with Gasteiger partial charge in [-0.2, -0.15) is 10.5 Å². The van der Waals surface area contributed by atoms with E-state index in [2.05, 4.69) is 358 Å². The number of nitrogens with zero attached hydrogens (tertiary/aromatic N) is 6. The van der Waals surface area contributed by atoms with Gasteiger partial charge in [-0.3, -0.25) is 0 Å². The monoisotopic (exact) mass is 1350 g/mol. The normalized spacial score (nSPS) is 12.0. The molecule has 0 atom stereocenters. The molecule has 104 heavy (non-hydrogen) atoms. The average molecular weight is 1360 g/mol. The zero-order chi connectivity index (χ0) is 68.4. The Balaban J connectivity index is 0.998. The lowest BCUT2D eigenvalue weighted by Gasteiger charge is -2.27. The van der Waals surface area contributed by atoms with Crippen LogP contribution < -0.4 is 0 Å². The van der Waals surface area contributed by atoms with Crippen molar-refractivity contribution in [2.75, 3.05) is 0 Å². The van der Waals surface area contributed by atoms with Gasteiger partial charge in [0, 0.05) is 74.0 Å². The van der Waals surface area contributed by atoms with Gasteiger partial charge in [-0.1, -0.05) is 279 Å². The van der Waals surface area contributed by atoms with E-state index in [1.807, 2.05) is 0 Å². The molecule has 0 aliphatic carbocycles. The van der Waals surface area contributed by atoms with Crippen LogP contribution in [0.15, 0.2) is 328 Å². The zero-order valence-electron chi connectivity index (χ0n) is 55.7. The van der Waals surface area contributed by atoms with Crippen molar-refractivity contribution in [2.45, 2.75) is 0 Å². The Labute approximate surface area is 603 Å². The molecule has 0 saturated carbocycles. The molecule has 0 aliphatic rings. The van der Waals surface area contributed by atoms with Gasteiger partial charge in [0.1, 0.15) is 23.3 Å². The van der Waals surface area contributed by atoms with Crippen LogP contribution in [0.3, 0.4) is 0 Å². The first-order chi connectivity index (χ1) is 51.6. The van der Waals surface area contributed by atoms with Crippen LogP contribution in [0.4, 0.5) is 0 Å². The number of para-hydroxylation sites is 4. The number of rotatable bonds is 8. The fourth-order valence-corrected chi connectivity index (χ4v) is 20.0. The topological polar surface area (TPSA) is 67.3 Å². The number of aromatic nitrogens is 4. The van der Waals surface area contributed by atoms with E-state index in [0.29, 0.717) is 33.9 Å². The maximum absolute atomic E-state index is 13.7. The molecule has 0 bridgehead atoms. The summed E-state index contributed by atoms with van der Waals surface area (Å²) < 4.78 is 13.9. The highest BCUT2D eigenvalue weighted by Crippen LogP contribution is 2.53. The van der Waals surface area contributed by atoms with Crippen LogP contribution in [0.25, 0.3) is 206 Å². The molecule has 6 aromatic heterocycles. The van der Waals surface area contributed by atoms with Gasteiger partial charge >= 0.3 is 0 Å². The van der Waals surface area contributed by atoms with Gasteiger partial charge < -0.3 is 18.3 Å². The number of hydrogen-bond acceptors (Lipinski definition) is 4. The quantitative estimate of drug-likeness (QED) is 0.152. The molecule has 0 N–H and O–H groups in total. The number of thiophene rings is 2. The second kappa shape index (κ2) is 22.5. The van der Waals surface area contributed by atoms with Crippen LogP contribution in [-0.4, -0.2) is 18.3 Å². The summed E-state index contributed by atoms with van der Waals surface area (Å²) in [6.45, 7) is 0. The van der Waals surface area contributed by atoms with Gasteiger partial charge in [-0.25, -0.2) is 0 Å². The minimum Gasteiger partial charge on any atom is -0.306 e. The molecule has 480 valence electrons. The highest BCUT2D eigenvalue weighted by atomic mass is 32.1. The second-order valence-electron chi connectivity index (χ2n) is 27.1. The number of hydrogen-bond donors (Lipinski definition) is 0. The molecule has 0 radical (unpaired) electrons. The molecule has 16 aromatic carbocycles. The van der Waals surface area contributed by atoms with Crippen LogP contribution in [-0.2, 0) is 0 Å². The van der Waals surface area contributed by atoms with Gasteiger partial charge in [-0.15, -0.1) is 22.7 Å². The molecule has 6 heterocycles. The average Bonchev–Trinajstić information content (AvgIpc) is 1.49. The van der Waals surface area contributed by atoms with E-state index in [1.165, 1.54) is 10.8 Å². The smallest absolute Gasteiger partial charge is 0.104 e.